The normalized spacial score (nSPS) is 18.5. The quantitative estimate of drug-likeness (QED) is 0.851. The monoisotopic (exact) mass is 356 g/mol. The van der Waals surface area contributed by atoms with E-state index in [1.165, 1.54) is 12.0 Å². The molecule has 1 amide bonds. The van der Waals surface area contributed by atoms with E-state index in [2.05, 4.69) is 6.07 Å². The third-order valence-corrected chi connectivity index (χ3v) is 4.51. The molecule has 1 fully saturated rings. The van der Waals surface area contributed by atoms with Crippen molar-refractivity contribution in [3.05, 3.63) is 23.8 Å². The van der Waals surface area contributed by atoms with E-state index in [0.717, 1.165) is 43.7 Å². The molecule has 0 aromatic heterocycles. The lowest BCUT2D eigenvalue weighted by molar-refractivity contribution is -0.136. The average Bonchev–Trinajstić information content (AvgIpc) is 2.59. The maximum absolute atomic E-state index is 12.3. The number of piperidine rings is 1. The number of hydrogen-bond acceptors (Lipinski definition) is 4. The van der Waals surface area contributed by atoms with E-state index in [1.54, 1.807) is 21.1 Å². The van der Waals surface area contributed by atoms with Crippen LogP contribution in [0.4, 0.5) is 0 Å². The SMILES string of the molecule is COc1ccc(CCC2CCCCN2C(=O)[C@@H](C)N)cc1OC.Cl. The van der Waals surface area contributed by atoms with E-state index in [1.807, 2.05) is 17.0 Å². The number of likely N-dealkylation sites (tertiary alicyclic amines) is 1. The summed E-state index contributed by atoms with van der Waals surface area (Å²) in [6.45, 7) is 2.60. The molecule has 0 spiro atoms. The highest BCUT2D eigenvalue weighted by atomic mass is 35.5. The molecule has 2 N–H and O–H groups in total. The van der Waals surface area contributed by atoms with Crippen LogP contribution >= 0.6 is 12.4 Å². The summed E-state index contributed by atoms with van der Waals surface area (Å²) in [5, 5.41) is 0. The van der Waals surface area contributed by atoms with Crippen LogP contribution in [0.2, 0.25) is 0 Å². The van der Waals surface area contributed by atoms with Crippen molar-refractivity contribution in [2.24, 2.45) is 5.73 Å². The lowest BCUT2D eigenvalue weighted by atomic mass is 9.95. The number of hydrogen-bond donors (Lipinski definition) is 1. The summed E-state index contributed by atoms with van der Waals surface area (Å²) in [4.78, 5) is 14.2. The van der Waals surface area contributed by atoms with Gasteiger partial charge in [-0.1, -0.05) is 6.07 Å². The van der Waals surface area contributed by atoms with E-state index in [4.69, 9.17) is 15.2 Å². The Hall–Kier alpha value is -1.46. The smallest absolute Gasteiger partial charge is 0.239 e. The van der Waals surface area contributed by atoms with Crippen molar-refractivity contribution in [2.75, 3.05) is 20.8 Å². The van der Waals surface area contributed by atoms with Crippen LogP contribution in [-0.2, 0) is 11.2 Å². The number of benzene rings is 1. The average molecular weight is 357 g/mol. The molecule has 136 valence electrons. The van der Waals surface area contributed by atoms with Gasteiger partial charge in [0.05, 0.1) is 20.3 Å². The Kier molecular flexibility index (Phi) is 8.36. The Morgan fingerprint density at radius 3 is 2.62 bits per heavy atom. The molecule has 2 atom stereocenters. The topological polar surface area (TPSA) is 64.8 Å². The number of rotatable bonds is 6. The number of amides is 1. The molecule has 1 aromatic rings. The molecule has 1 unspecified atom stereocenters. The van der Waals surface area contributed by atoms with E-state index in [0.29, 0.717) is 0 Å². The van der Waals surface area contributed by atoms with Crippen LogP contribution in [0.25, 0.3) is 0 Å². The fourth-order valence-corrected chi connectivity index (χ4v) is 3.22. The Bertz CT molecular complexity index is 537. The number of carbonyl (C=O) groups is 1. The molecule has 2 rings (SSSR count). The second-order valence-corrected chi connectivity index (χ2v) is 6.20. The fourth-order valence-electron chi connectivity index (χ4n) is 3.22. The van der Waals surface area contributed by atoms with Crippen LogP contribution in [0.5, 0.6) is 11.5 Å². The molecule has 0 bridgehead atoms. The highest BCUT2D eigenvalue weighted by Gasteiger charge is 2.28. The van der Waals surface area contributed by atoms with Gasteiger partial charge in [-0.2, -0.15) is 0 Å². The highest BCUT2D eigenvalue weighted by molar-refractivity contribution is 5.85. The lowest BCUT2D eigenvalue weighted by Gasteiger charge is -2.37. The zero-order chi connectivity index (χ0) is 16.8. The molecule has 5 nitrogen and oxygen atoms in total. The van der Waals surface area contributed by atoms with Crippen molar-refractivity contribution < 1.29 is 14.3 Å². The van der Waals surface area contributed by atoms with Crippen LogP contribution in [0.1, 0.15) is 38.2 Å². The molecule has 0 saturated carbocycles. The Balaban J connectivity index is 0.00000288. The number of carbonyl (C=O) groups excluding carboxylic acids is 1. The van der Waals surface area contributed by atoms with Gasteiger partial charge in [0.15, 0.2) is 11.5 Å². The summed E-state index contributed by atoms with van der Waals surface area (Å²) in [6.07, 6.45) is 5.18. The number of ether oxygens (including phenoxy) is 2. The number of nitrogens with two attached hydrogens (primary N) is 1. The number of methoxy groups -OCH3 is 2. The number of nitrogens with zero attached hydrogens (tertiary/aromatic N) is 1. The van der Waals surface area contributed by atoms with Crippen LogP contribution in [0, 0.1) is 0 Å². The maximum Gasteiger partial charge on any atom is 0.239 e. The van der Waals surface area contributed by atoms with Gasteiger partial charge >= 0.3 is 0 Å². The molecule has 0 radical (unpaired) electrons. The van der Waals surface area contributed by atoms with Crippen molar-refractivity contribution in [2.45, 2.75) is 51.1 Å². The van der Waals surface area contributed by atoms with Gasteiger partial charge in [-0.15, -0.1) is 12.4 Å². The zero-order valence-electron chi connectivity index (χ0n) is 14.8. The van der Waals surface area contributed by atoms with Gasteiger partial charge in [-0.25, -0.2) is 0 Å². The van der Waals surface area contributed by atoms with Gasteiger partial charge in [0.25, 0.3) is 0 Å². The van der Waals surface area contributed by atoms with E-state index < -0.39 is 6.04 Å². The van der Waals surface area contributed by atoms with Gasteiger partial charge < -0.3 is 20.1 Å². The minimum absolute atomic E-state index is 0. The van der Waals surface area contributed by atoms with Crippen LogP contribution in [-0.4, -0.2) is 43.7 Å². The van der Waals surface area contributed by atoms with E-state index >= 15 is 0 Å². The number of halogens is 1. The first-order valence-electron chi connectivity index (χ1n) is 8.33. The first kappa shape index (κ1) is 20.6. The summed E-state index contributed by atoms with van der Waals surface area (Å²) in [7, 11) is 3.28. The minimum atomic E-state index is -0.420. The molecule has 1 aromatic carbocycles. The minimum Gasteiger partial charge on any atom is -0.493 e. The van der Waals surface area contributed by atoms with Crippen molar-refractivity contribution in [1.29, 1.82) is 0 Å². The third kappa shape index (κ3) is 5.02. The molecular formula is C18H29ClN2O3. The molecule has 1 aliphatic heterocycles. The molecule has 24 heavy (non-hydrogen) atoms. The zero-order valence-corrected chi connectivity index (χ0v) is 15.6. The maximum atomic E-state index is 12.3. The fraction of sp³-hybridized carbons (Fsp3) is 0.611. The summed E-state index contributed by atoms with van der Waals surface area (Å²) in [5.41, 5.74) is 6.98. The summed E-state index contributed by atoms with van der Waals surface area (Å²) in [5.74, 6) is 1.56. The molecule has 1 heterocycles. The van der Waals surface area contributed by atoms with Gasteiger partial charge in [0.2, 0.25) is 5.91 Å². The van der Waals surface area contributed by atoms with Gasteiger partial charge in [0, 0.05) is 12.6 Å². The third-order valence-electron chi connectivity index (χ3n) is 4.51. The van der Waals surface area contributed by atoms with Crippen molar-refractivity contribution >= 4 is 18.3 Å². The second kappa shape index (κ2) is 9.74. The van der Waals surface area contributed by atoms with Gasteiger partial charge in [0.1, 0.15) is 0 Å². The summed E-state index contributed by atoms with van der Waals surface area (Å²) >= 11 is 0. The van der Waals surface area contributed by atoms with Crippen molar-refractivity contribution in [3.8, 4) is 11.5 Å². The molecule has 1 aliphatic rings. The largest absolute Gasteiger partial charge is 0.493 e. The highest BCUT2D eigenvalue weighted by Crippen LogP contribution is 2.29. The molecule has 1 saturated heterocycles. The van der Waals surface area contributed by atoms with Gasteiger partial charge in [-0.3, -0.25) is 4.79 Å². The van der Waals surface area contributed by atoms with Crippen LogP contribution in [0.3, 0.4) is 0 Å². The van der Waals surface area contributed by atoms with Crippen LogP contribution in [0.15, 0.2) is 18.2 Å². The Morgan fingerprint density at radius 2 is 2.00 bits per heavy atom. The summed E-state index contributed by atoms with van der Waals surface area (Å²) in [6, 6.07) is 5.87. The molecule has 6 heteroatoms. The predicted molar refractivity (Wildman–Crippen MR) is 98.1 cm³/mol. The van der Waals surface area contributed by atoms with E-state index in [-0.39, 0.29) is 24.4 Å². The predicted octanol–water partition coefficient (Wildman–Crippen LogP) is 2.79. The lowest BCUT2D eigenvalue weighted by Crippen LogP contribution is -2.49. The number of aryl methyl sites for hydroxylation is 1. The first-order valence-corrected chi connectivity index (χ1v) is 8.33. The Labute approximate surface area is 150 Å². The molecular weight excluding hydrogens is 328 g/mol. The van der Waals surface area contributed by atoms with Crippen LogP contribution < -0.4 is 15.2 Å². The summed E-state index contributed by atoms with van der Waals surface area (Å²) < 4.78 is 10.6. The van der Waals surface area contributed by atoms with Gasteiger partial charge in [-0.05, 0) is 56.7 Å². The first-order chi connectivity index (χ1) is 11.1. The van der Waals surface area contributed by atoms with Crippen molar-refractivity contribution in [1.82, 2.24) is 4.90 Å². The van der Waals surface area contributed by atoms with Crippen molar-refractivity contribution in [3.63, 3.8) is 0 Å². The van der Waals surface area contributed by atoms with E-state index in [9.17, 15) is 4.79 Å². The second-order valence-electron chi connectivity index (χ2n) is 6.20. The standard InChI is InChI=1S/C18H28N2O3.ClH/c1-13(19)18(21)20-11-5-4-6-15(20)9-7-14-8-10-16(22-2)17(12-14)23-3;/h8,10,12-13,15H,4-7,9,11,19H2,1-3H3;1H/t13-,15?;/m1./s1. The molecule has 0 aliphatic carbocycles. The Morgan fingerprint density at radius 1 is 1.29 bits per heavy atom.